The summed E-state index contributed by atoms with van der Waals surface area (Å²) in [6.07, 6.45) is 5.28. The molecule has 1 aromatic rings. The second-order valence-corrected chi connectivity index (χ2v) is 4.58. The van der Waals surface area contributed by atoms with Crippen LogP contribution in [0.5, 0.6) is 5.88 Å². The van der Waals surface area contributed by atoms with E-state index in [0.29, 0.717) is 17.8 Å². The molecule has 0 bridgehead atoms. The molecule has 0 saturated heterocycles. The van der Waals surface area contributed by atoms with Crippen molar-refractivity contribution in [3.8, 4) is 5.88 Å². The monoisotopic (exact) mass is 235 g/mol. The minimum atomic E-state index is 0.348. The highest BCUT2D eigenvalue weighted by atomic mass is 16.5. The molecule has 1 aliphatic rings. The van der Waals surface area contributed by atoms with Crippen molar-refractivity contribution in [2.24, 2.45) is 5.92 Å². The predicted octanol–water partition coefficient (Wildman–Crippen LogP) is 2.33. The molecule has 0 aliphatic heterocycles. The van der Waals surface area contributed by atoms with E-state index < -0.39 is 0 Å². The molecule has 1 N–H and O–H groups in total. The average Bonchev–Trinajstić information content (AvgIpc) is 2.90. The van der Waals surface area contributed by atoms with Crippen molar-refractivity contribution in [3.05, 3.63) is 17.8 Å². The summed E-state index contributed by atoms with van der Waals surface area (Å²) in [5.74, 6) is 1.29. The van der Waals surface area contributed by atoms with Gasteiger partial charge in [-0.15, -0.1) is 5.10 Å². The van der Waals surface area contributed by atoms with Crippen molar-refractivity contribution in [1.82, 2.24) is 15.5 Å². The molecule has 0 radical (unpaired) electrons. The van der Waals surface area contributed by atoms with Gasteiger partial charge in [0.25, 0.3) is 0 Å². The lowest BCUT2D eigenvalue weighted by Gasteiger charge is -2.23. The van der Waals surface area contributed by atoms with E-state index in [-0.39, 0.29) is 0 Å². The number of hydrogen-bond acceptors (Lipinski definition) is 4. The first-order chi connectivity index (χ1) is 8.35. The molecule has 1 unspecified atom stereocenters. The molecule has 1 aliphatic carbocycles. The van der Waals surface area contributed by atoms with Gasteiger partial charge >= 0.3 is 0 Å². The molecule has 2 rings (SSSR count). The van der Waals surface area contributed by atoms with Crippen LogP contribution in [0.25, 0.3) is 0 Å². The Bertz CT molecular complexity index is 333. The van der Waals surface area contributed by atoms with Gasteiger partial charge in [0.15, 0.2) is 0 Å². The van der Waals surface area contributed by atoms with Gasteiger partial charge in [0.05, 0.1) is 18.8 Å². The Morgan fingerprint density at radius 2 is 2.12 bits per heavy atom. The van der Waals surface area contributed by atoms with Crippen LogP contribution in [-0.4, -0.2) is 23.9 Å². The zero-order valence-corrected chi connectivity index (χ0v) is 10.6. The summed E-state index contributed by atoms with van der Waals surface area (Å²) < 4.78 is 5.04. The van der Waals surface area contributed by atoms with E-state index in [9.17, 15) is 0 Å². The summed E-state index contributed by atoms with van der Waals surface area (Å²) in [6, 6.07) is 4.26. The Labute approximate surface area is 103 Å². The molecule has 1 fully saturated rings. The van der Waals surface area contributed by atoms with Gasteiger partial charge in [0.2, 0.25) is 5.88 Å². The van der Waals surface area contributed by atoms with Crippen molar-refractivity contribution in [2.45, 2.75) is 38.6 Å². The standard InChI is InChI=1S/C13H21N3O/c1-3-14-13(10-6-4-5-7-10)11-8-9-12(17-2)16-15-11/h8-10,13-14H,3-7H2,1-2H3. The van der Waals surface area contributed by atoms with Crippen LogP contribution in [0.15, 0.2) is 12.1 Å². The van der Waals surface area contributed by atoms with Crippen LogP contribution in [0.4, 0.5) is 0 Å². The van der Waals surface area contributed by atoms with Crippen molar-refractivity contribution in [2.75, 3.05) is 13.7 Å². The third-order valence-electron chi connectivity index (χ3n) is 3.48. The van der Waals surface area contributed by atoms with E-state index in [1.54, 1.807) is 7.11 Å². The smallest absolute Gasteiger partial charge is 0.233 e. The predicted molar refractivity (Wildman–Crippen MR) is 67.0 cm³/mol. The molecule has 1 aromatic heterocycles. The van der Waals surface area contributed by atoms with Crippen molar-refractivity contribution < 1.29 is 4.74 Å². The van der Waals surface area contributed by atoms with Crippen LogP contribution in [0.2, 0.25) is 0 Å². The first kappa shape index (κ1) is 12.3. The molecule has 4 nitrogen and oxygen atoms in total. The van der Waals surface area contributed by atoms with E-state index in [1.807, 2.05) is 12.1 Å². The van der Waals surface area contributed by atoms with Gasteiger partial charge in [-0.3, -0.25) is 0 Å². The van der Waals surface area contributed by atoms with E-state index >= 15 is 0 Å². The van der Waals surface area contributed by atoms with Crippen molar-refractivity contribution in [1.29, 1.82) is 0 Å². The van der Waals surface area contributed by atoms with Gasteiger partial charge in [0, 0.05) is 6.07 Å². The normalized spacial score (nSPS) is 18.2. The summed E-state index contributed by atoms with van der Waals surface area (Å²) in [5.41, 5.74) is 1.04. The molecule has 1 atom stereocenters. The molecule has 94 valence electrons. The Morgan fingerprint density at radius 1 is 1.35 bits per heavy atom. The Balaban J connectivity index is 2.12. The number of ether oxygens (including phenoxy) is 1. The molecule has 0 spiro atoms. The molecule has 17 heavy (non-hydrogen) atoms. The minimum absolute atomic E-state index is 0.348. The largest absolute Gasteiger partial charge is 0.480 e. The number of methoxy groups -OCH3 is 1. The maximum Gasteiger partial charge on any atom is 0.233 e. The Kier molecular flexibility index (Phi) is 4.31. The molecule has 4 heteroatoms. The third kappa shape index (κ3) is 2.94. The lowest BCUT2D eigenvalue weighted by Crippen LogP contribution is -2.28. The van der Waals surface area contributed by atoms with Gasteiger partial charge in [-0.05, 0) is 31.4 Å². The van der Waals surface area contributed by atoms with Gasteiger partial charge < -0.3 is 10.1 Å². The van der Waals surface area contributed by atoms with Crippen molar-refractivity contribution >= 4 is 0 Å². The van der Waals surface area contributed by atoms with E-state index in [0.717, 1.165) is 12.2 Å². The van der Waals surface area contributed by atoms with Gasteiger partial charge in [0.1, 0.15) is 0 Å². The third-order valence-corrected chi connectivity index (χ3v) is 3.48. The minimum Gasteiger partial charge on any atom is -0.480 e. The van der Waals surface area contributed by atoms with E-state index in [4.69, 9.17) is 4.74 Å². The van der Waals surface area contributed by atoms with Gasteiger partial charge in [-0.1, -0.05) is 19.8 Å². The number of nitrogens with zero attached hydrogens (tertiary/aromatic N) is 2. The molecular weight excluding hydrogens is 214 g/mol. The zero-order valence-electron chi connectivity index (χ0n) is 10.6. The van der Waals surface area contributed by atoms with Crippen molar-refractivity contribution in [3.63, 3.8) is 0 Å². The van der Waals surface area contributed by atoms with Crippen LogP contribution >= 0.6 is 0 Å². The topological polar surface area (TPSA) is 47.0 Å². The molecule has 1 heterocycles. The summed E-state index contributed by atoms with van der Waals surface area (Å²) in [5, 5.41) is 11.9. The summed E-state index contributed by atoms with van der Waals surface area (Å²) in [6.45, 7) is 3.10. The highest BCUT2D eigenvalue weighted by molar-refractivity contribution is 5.15. The fourth-order valence-corrected chi connectivity index (χ4v) is 2.63. The van der Waals surface area contributed by atoms with Crippen LogP contribution in [-0.2, 0) is 0 Å². The summed E-state index contributed by atoms with van der Waals surface area (Å²) >= 11 is 0. The molecule has 0 aromatic carbocycles. The fourth-order valence-electron chi connectivity index (χ4n) is 2.63. The molecular formula is C13H21N3O. The highest BCUT2D eigenvalue weighted by Gasteiger charge is 2.26. The maximum atomic E-state index is 5.04. The van der Waals surface area contributed by atoms with E-state index in [2.05, 4.69) is 22.4 Å². The van der Waals surface area contributed by atoms with Crippen LogP contribution in [0.1, 0.15) is 44.3 Å². The Morgan fingerprint density at radius 3 is 2.65 bits per heavy atom. The number of hydrogen-bond donors (Lipinski definition) is 1. The lowest BCUT2D eigenvalue weighted by atomic mass is 9.95. The second kappa shape index (κ2) is 5.96. The highest BCUT2D eigenvalue weighted by Crippen LogP contribution is 2.34. The summed E-state index contributed by atoms with van der Waals surface area (Å²) in [7, 11) is 1.61. The number of nitrogens with one attached hydrogen (secondary N) is 1. The molecule has 1 saturated carbocycles. The summed E-state index contributed by atoms with van der Waals surface area (Å²) in [4.78, 5) is 0. The Hall–Kier alpha value is -1.16. The quantitative estimate of drug-likeness (QED) is 0.851. The maximum absolute atomic E-state index is 5.04. The SMILES string of the molecule is CCNC(c1ccc(OC)nn1)C1CCCC1. The number of aromatic nitrogens is 2. The van der Waals surface area contributed by atoms with Gasteiger partial charge in [-0.25, -0.2) is 0 Å². The first-order valence-corrected chi connectivity index (χ1v) is 6.46. The average molecular weight is 235 g/mol. The molecule has 0 amide bonds. The first-order valence-electron chi connectivity index (χ1n) is 6.46. The van der Waals surface area contributed by atoms with Crippen LogP contribution in [0, 0.1) is 5.92 Å². The zero-order chi connectivity index (χ0) is 12.1. The fraction of sp³-hybridized carbons (Fsp3) is 0.692. The number of rotatable bonds is 5. The van der Waals surface area contributed by atoms with E-state index in [1.165, 1.54) is 25.7 Å². The van der Waals surface area contributed by atoms with Crippen LogP contribution in [0.3, 0.4) is 0 Å². The van der Waals surface area contributed by atoms with Crippen LogP contribution < -0.4 is 10.1 Å². The van der Waals surface area contributed by atoms with Gasteiger partial charge in [-0.2, -0.15) is 5.10 Å². The second-order valence-electron chi connectivity index (χ2n) is 4.58. The lowest BCUT2D eigenvalue weighted by molar-refractivity contribution is 0.357.